The van der Waals surface area contributed by atoms with E-state index in [2.05, 4.69) is 19.6 Å². The summed E-state index contributed by atoms with van der Waals surface area (Å²) in [7, 11) is 0. The van der Waals surface area contributed by atoms with Crippen LogP contribution in [0.25, 0.3) is 0 Å². The standard InChI is InChI=1S/C18H28N2O2S/c1-3-6-15(2)23-14-16-7-8-17(21-11-4-9-19)18(13-16)22-12-5-10-20/h3,6-8,13H,1,4-5,9-12,14,19-20H2,2H3/b15-6-. The molecule has 4 nitrogen and oxygen atoms in total. The molecule has 128 valence electrons. The number of hydrogen-bond donors (Lipinski definition) is 2. The normalized spacial score (nSPS) is 11.3. The highest BCUT2D eigenvalue weighted by atomic mass is 32.2. The van der Waals surface area contributed by atoms with Gasteiger partial charge in [-0.15, -0.1) is 11.8 Å². The second-order valence-corrected chi connectivity index (χ2v) is 6.29. The van der Waals surface area contributed by atoms with E-state index in [9.17, 15) is 0 Å². The number of benzene rings is 1. The maximum atomic E-state index is 5.83. The number of thioether (sulfide) groups is 1. The number of hydrogen-bond acceptors (Lipinski definition) is 5. The SMILES string of the molecule is C=C/C=C(/C)SCc1ccc(OCCCN)c(OCCCN)c1. The molecular formula is C18H28N2O2S. The molecule has 4 N–H and O–H groups in total. The minimum absolute atomic E-state index is 0.593. The summed E-state index contributed by atoms with van der Waals surface area (Å²) in [6, 6.07) is 6.08. The lowest BCUT2D eigenvalue weighted by molar-refractivity contribution is 0.265. The monoisotopic (exact) mass is 336 g/mol. The summed E-state index contributed by atoms with van der Waals surface area (Å²) in [6.07, 6.45) is 5.46. The van der Waals surface area contributed by atoms with E-state index in [0.29, 0.717) is 26.3 Å². The van der Waals surface area contributed by atoms with Crippen molar-refractivity contribution in [3.63, 3.8) is 0 Å². The first-order valence-corrected chi connectivity index (χ1v) is 8.90. The lowest BCUT2D eigenvalue weighted by atomic mass is 10.2. The van der Waals surface area contributed by atoms with Crippen LogP contribution < -0.4 is 20.9 Å². The van der Waals surface area contributed by atoms with E-state index < -0.39 is 0 Å². The average Bonchev–Trinajstić information content (AvgIpc) is 2.55. The van der Waals surface area contributed by atoms with Gasteiger partial charge in [0.25, 0.3) is 0 Å². The Labute approximate surface area is 143 Å². The quantitative estimate of drug-likeness (QED) is 0.452. The molecule has 0 saturated heterocycles. The first-order valence-electron chi connectivity index (χ1n) is 7.92. The maximum Gasteiger partial charge on any atom is 0.161 e. The topological polar surface area (TPSA) is 70.5 Å². The Morgan fingerprint density at radius 2 is 1.78 bits per heavy atom. The molecule has 0 amide bonds. The highest BCUT2D eigenvalue weighted by molar-refractivity contribution is 8.02. The Hall–Kier alpha value is -1.43. The van der Waals surface area contributed by atoms with E-state index in [1.54, 1.807) is 17.8 Å². The van der Waals surface area contributed by atoms with Crippen LogP contribution in [-0.4, -0.2) is 26.3 Å². The first-order chi connectivity index (χ1) is 11.2. The molecule has 0 spiro atoms. The number of nitrogens with two attached hydrogens (primary N) is 2. The number of rotatable bonds is 12. The predicted octanol–water partition coefficient (Wildman–Crippen LogP) is 3.46. The third-order valence-corrected chi connectivity index (χ3v) is 4.11. The van der Waals surface area contributed by atoms with Crippen LogP contribution in [0.2, 0.25) is 0 Å². The summed E-state index contributed by atoms with van der Waals surface area (Å²) in [5.41, 5.74) is 12.2. The molecule has 0 aliphatic heterocycles. The van der Waals surface area contributed by atoms with Crippen LogP contribution in [0.15, 0.2) is 41.8 Å². The molecular weight excluding hydrogens is 308 g/mol. The second-order valence-electron chi connectivity index (χ2n) is 5.06. The van der Waals surface area contributed by atoms with Crippen LogP contribution in [0.4, 0.5) is 0 Å². The van der Waals surface area contributed by atoms with Crippen molar-refractivity contribution in [2.24, 2.45) is 11.5 Å². The largest absolute Gasteiger partial charge is 0.490 e. The summed E-state index contributed by atoms with van der Waals surface area (Å²) in [5, 5.41) is 0. The molecule has 0 bridgehead atoms. The van der Waals surface area contributed by atoms with Crippen molar-refractivity contribution in [2.45, 2.75) is 25.5 Å². The summed E-state index contributed by atoms with van der Waals surface area (Å²) < 4.78 is 11.6. The molecule has 0 heterocycles. The summed E-state index contributed by atoms with van der Waals surface area (Å²) in [6.45, 7) is 8.21. The zero-order valence-electron chi connectivity index (χ0n) is 13.9. The van der Waals surface area contributed by atoms with Gasteiger partial charge in [-0.05, 0) is 55.5 Å². The first kappa shape index (κ1) is 19.6. The average molecular weight is 337 g/mol. The molecule has 1 aromatic carbocycles. The van der Waals surface area contributed by atoms with Gasteiger partial charge in [-0.25, -0.2) is 0 Å². The zero-order chi connectivity index (χ0) is 16.9. The summed E-state index contributed by atoms with van der Waals surface area (Å²) in [4.78, 5) is 1.23. The van der Waals surface area contributed by atoms with Crippen molar-refractivity contribution < 1.29 is 9.47 Å². The highest BCUT2D eigenvalue weighted by Crippen LogP contribution is 2.31. The number of ether oxygens (including phenoxy) is 2. The van der Waals surface area contributed by atoms with E-state index >= 15 is 0 Å². The minimum Gasteiger partial charge on any atom is -0.490 e. The Morgan fingerprint density at radius 1 is 1.13 bits per heavy atom. The van der Waals surface area contributed by atoms with Crippen LogP contribution in [0.5, 0.6) is 11.5 Å². The van der Waals surface area contributed by atoms with E-state index in [-0.39, 0.29) is 0 Å². The Bertz CT molecular complexity index is 504. The molecule has 1 aromatic rings. The van der Waals surface area contributed by atoms with Gasteiger partial charge in [0.05, 0.1) is 13.2 Å². The Kier molecular flexibility index (Phi) is 10.3. The van der Waals surface area contributed by atoms with E-state index in [4.69, 9.17) is 20.9 Å². The molecule has 23 heavy (non-hydrogen) atoms. The van der Waals surface area contributed by atoms with Gasteiger partial charge >= 0.3 is 0 Å². The highest BCUT2D eigenvalue weighted by Gasteiger charge is 2.07. The van der Waals surface area contributed by atoms with Crippen molar-refractivity contribution in [1.82, 2.24) is 0 Å². The fraction of sp³-hybridized carbons (Fsp3) is 0.444. The fourth-order valence-electron chi connectivity index (χ4n) is 1.82. The van der Waals surface area contributed by atoms with Gasteiger partial charge in [0.1, 0.15) is 0 Å². The van der Waals surface area contributed by atoms with Gasteiger partial charge in [-0.1, -0.05) is 24.8 Å². The molecule has 0 atom stereocenters. The molecule has 0 aliphatic carbocycles. The van der Waals surface area contributed by atoms with Crippen molar-refractivity contribution in [3.8, 4) is 11.5 Å². The lowest BCUT2D eigenvalue weighted by Gasteiger charge is -2.14. The zero-order valence-corrected chi connectivity index (χ0v) is 14.7. The van der Waals surface area contributed by atoms with Gasteiger partial charge in [0.15, 0.2) is 11.5 Å². The van der Waals surface area contributed by atoms with Crippen LogP contribution >= 0.6 is 11.8 Å². The molecule has 0 aromatic heterocycles. The van der Waals surface area contributed by atoms with E-state index in [0.717, 1.165) is 30.1 Å². The van der Waals surface area contributed by atoms with Crippen LogP contribution in [0.1, 0.15) is 25.3 Å². The molecule has 0 unspecified atom stereocenters. The van der Waals surface area contributed by atoms with Crippen molar-refractivity contribution in [1.29, 1.82) is 0 Å². The van der Waals surface area contributed by atoms with Gasteiger partial charge in [-0.3, -0.25) is 0 Å². The fourth-order valence-corrected chi connectivity index (χ4v) is 2.58. The van der Waals surface area contributed by atoms with Crippen LogP contribution in [0, 0.1) is 0 Å². The molecule has 0 radical (unpaired) electrons. The van der Waals surface area contributed by atoms with Gasteiger partial charge in [0, 0.05) is 5.75 Å². The third kappa shape index (κ3) is 8.11. The molecule has 0 aliphatic rings. The summed E-state index contributed by atoms with van der Waals surface area (Å²) >= 11 is 1.78. The second kappa shape index (κ2) is 12.0. The van der Waals surface area contributed by atoms with Crippen LogP contribution in [-0.2, 0) is 5.75 Å². The third-order valence-electron chi connectivity index (χ3n) is 3.04. The van der Waals surface area contributed by atoms with Gasteiger partial charge in [0.2, 0.25) is 0 Å². The Balaban J connectivity index is 2.74. The summed E-state index contributed by atoms with van der Waals surface area (Å²) in [5.74, 6) is 2.42. The van der Waals surface area contributed by atoms with E-state index in [1.165, 1.54) is 10.5 Å². The maximum absolute atomic E-state index is 5.83. The van der Waals surface area contributed by atoms with Gasteiger partial charge in [-0.2, -0.15) is 0 Å². The molecule has 5 heteroatoms. The smallest absolute Gasteiger partial charge is 0.161 e. The van der Waals surface area contributed by atoms with Crippen molar-refractivity contribution >= 4 is 11.8 Å². The van der Waals surface area contributed by atoms with E-state index in [1.807, 2.05) is 18.2 Å². The van der Waals surface area contributed by atoms with Gasteiger partial charge < -0.3 is 20.9 Å². The number of allylic oxidation sites excluding steroid dienone is 3. The minimum atomic E-state index is 0.593. The van der Waals surface area contributed by atoms with Crippen molar-refractivity contribution in [2.75, 3.05) is 26.3 Å². The molecule has 0 saturated carbocycles. The van der Waals surface area contributed by atoms with Crippen LogP contribution in [0.3, 0.4) is 0 Å². The Morgan fingerprint density at radius 3 is 2.39 bits per heavy atom. The lowest BCUT2D eigenvalue weighted by Crippen LogP contribution is -2.09. The van der Waals surface area contributed by atoms with Crippen molar-refractivity contribution in [3.05, 3.63) is 47.4 Å². The molecule has 0 fully saturated rings. The predicted molar refractivity (Wildman–Crippen MR) is 100 cm³/mol. The molecule has 1 rings (SSSR count).